The Kier molecular flexibility index (Phi) is 3.49. The van der Waals surface area contributed by atoms with Crippen LogP contribution in [0.1, 0.15) is 26.7 Å². The second-order valence-corrected chi connectivity index (χ2v) is 7.35. The lowest BCUT2D eigenvalue weighted by molar-refractivity contribution is 0.518. The monoisotopic (exact) mass is 283 g/mol. The third kappa shape index (κ3) is 2.55. The van der Waals surface area contributed by atoms with Gasteiger partial charge >= 0.3 is 0 Å². The van der Waals surface area contributed by atoms with Gasteiger partial charge in [-0.1, -0.05) is 0 Å². The highest BCUT2D eigenvalue weighted by molar-refractivity contribution is 7.89. The number of hydrogen-bond acceptors (Lipinski definition) is 4. The maximum atomic E-state index is 11.8. The van der Waals surface area contributed by atoms with Gasteiger partial charge in [-0.25, -0.2) is 13.1 Å². The van der Waals surface area contributed by atoms with Gasteiger partial charge in [0.15, 0.2) is 0 Å². The molecule has 2 rings (SSSR count). The minimum Gasteiger partial charge on any atom is -0.398 e. The summed E-state index contributed by atoms with van der Waals surface area (Å²) in [5, 5.41) is 0. The van der Waals surface area contributed by atoms with Crippen molar-refractivity contribution in [3.8, 4) is 0 Å². The standard InChI is InChI=1S/C13H21N3O2S/c1-13(2)7-4-8-16(13)10-5-6-12(11(14)9-10)19(17,18)15-3/h5-6,9,15H,4,7-8,14H2,1-3H3. The van der Waals surface area contributed by atoms with Crippen LogP contribution in [-0.2, 0) is 10.0 Å². The molecule has 0 atom stereocenters. The Hall–Kier alpha value is -1.27. The Morgan fingerprint density at radius 3 is 2.53 bits per heavy atom. The molecule has 1 aromatic carbocycles. The van der Waals surface area contributed by atoms with Crippen molar-refractivity contribution in [1.29, 1.82) is 0 Å². The molecule has 19 heavy (non-hydrogen) atoms. The molecular weight excluding hydrogens is 262 g/mol. The zero-order valence-electron chi connectivity index (χ0n) is 11.6. The minimum atomic E-state index is -3.49. The Balaban J connectivity index is 2.40. The summed E-state index contributed by atoms with van der Waals surface area (Å²) >= 11 is 0. The van der Waals surface area contributed by atoms with Crippen LogP contribution in [0.2, 0.25) is 0 Å². The van der Waals surface area contributed by atoms with Gasteiger partial charge in [0.2, 0.25) is 10.0 Å². The first-order valence-corrected chi connectivity index (χ1v) is 7.87. The fourth-order valence-corrected chi connectivity index (χ4v) is 3.48. The van der Waals surface area contributed by atoms with E-state index >= 15 is 0 Å². The van der Waals surface area contributed by atoms with Gasteiger partial charge in [-0.2, -0.15) is 0 Å². The van der Waals surface area contributed by atoms with Crippen LogP contribution in [0, 0.1) is 0 Å². The molecule has 0 saturated carbocycles. The largest absolute Gasteiger partial charge is 0.398 e. The van der Waals surface area contributed by atoms with E-state index in [2.05, 4.69) is 23.5 Å². The van der Waals surface area contributed by atoms with Crippen molar-refractivity contribution in [1.82, 2.24) is 4.72 Å². The average Bonchev–Trinajstić information content (AvgIpc) is 2.68. The van der Waals surface area contributed by atoms with Gasteiger partial charge in [0, 0.05) is 17.8 Å². The lowest BCUT2D eigenvalue weighted by atomic mass is 10.0. The van der Waals surface area contributed by atoms with Crippen LogP contribution in [0.5, 0.6) is 0 Å². The molecule has 1 aliphatic rings. The summed E-state index contributed by atoms with van der Waals surface area (Å²) < 4.78 is 25.8. The van der Waals surface area contributed by atoms with E-state index in [4.69, 9.17) is 5.73 Å². The normalized spacial score (nSPS) is 18.8. The number of nitrogens with two attached hydrogens (primary N) is 1. The molecule has 106 valence electrons. The molecule has 1 aromatic rings. The van der Waals surface area contributed by atoms with Gasteiger partial charge in [-0.05, 0) is 51.9 Å². The Bertz CT molecular complexity index is 582. The lowest BCUT2D eigenvalue weighted by Crippen LogP contribution is -2.38. The molecule has 1 saturated heterocycles. The van der Waals surface area contributed by atoms with Crippen molar-refractivity contribution in [3.05, 3.63) is 18.2 Å². The second-order valence-electron chi connectivity index (χ2n) is 5.50. The first-order chi connectivity index (χ1) is 8.78. The zero-order chi connectivity index (χ0) is 14.3. The third-order valence-electron chi connectivity index (χ3n) is 3.76. The molecule has 0 aliphatic carbocycles. The molecule has 1 fully saturated rings. The Morgan fingerprint density at radius 1 is 1.37 bits per heavy atom. The number of rotatable bonds is 3. The molecule has 0 amide bonds. The van der Waals surface area contributed by atoms with Crippen LogP contribution in [0.4, 0.5) is 11.4 Å². The van der Waals surface area contributed by atoms with Gasteiger partial charge in [-0.3, -0.25) is 0 Å². The van der Waals surface area contributed by atoms with E-state index in [-0.39, 0.29) is 16.1 Å². The number of nitrogen functional groups attached to an aromatic ring is 1. The number of nitrogens with one attached hydrogen (secondary N) is 1. The van der Waals surface area contributed by atoms with Crippen LogP contribution >= 0.6 is 0 Å². The lowest BCUT2D eigenvalue weighted by Gasteiger charge is -2.34. The van der Waals surface area contributed by atoms with Crippen molar-refractivity contribution < 1.29 is 8.42 Å². The first kappa shape index (κ1) is 14.1. The van der Waals surface area contributed by atoms with E-state index in [9.17, 15) is 8.42 Å². The maximum absolute atomic E-state index is 11.8. The maximum Gasteiger partial charge on any atom is 0.242 e. The van der Waals surface area contributed by atoms with E-state index < -0.39 is 10.0 Å². The van der Waals surface area contributed by atoms with Gasteiger partial charge in [0.25, 0.3) is 0 Å². The quantitative estimate of drug-likeness (QED) is 0.825. The summed E-state index contributed by atoms with van der Waals surface area (Å²) in [5.74, 6) is 0. The number of anilines is 2. The van der Waals surface area contributed by atoms with Crippen LogP contribution in [0.25, 0.3) is 0 Å². The molecule has 1 aliphatic heterocycles. The molecule has 1 heterocycles. The first-order valence-electron chi connectivity index (χ1n) is 6.39. The van der Waals surface area contributed by atoms with Crippen molar-refractivity contribution >= 4 is 21.4 Å². The summed E-state index contributed by atoms with van der Waals surface area (Å²) in [6, 6.07) is 5.15. The summed E-state index contributed by atoms with van der Waals surface area (Å²) in [6.07, 6.45) is 2.27. The summed E-state index contributed by atoms with van der Waals surface area (Å²) in [7, 11) is -2.11. The van der Waals surface area contributed by atoms with Crippen molar-refractivity contribution in [2.45, 2.75) is 37.1 Å². The average molecular weight is 283 g/mol. The predicted octanol–water partition coefficient (Wildman–Crippen LogP) is 1.56. The molecule has 3 N–H and O–H groups in total. The Morgan fingerprint density at radius 2 is 2.05 bits per heavy atom. The van der Waals surface area contributed by atoms with Crippen LogP contribution in [-0.4, -0.2) is 27.5 Å². The summed E-state index contributed by atoms with van der Waals surface area (Å²) in [4.78, 5) is 2.41. The van der Waals surface area contributed by atoms with Gasteiger partial charge in [-0.15, -0.1) is 0 Å². The van der Waals surface area contributed by atoms with Gasteiger partial charge in [0.05, 0.1) is 5.69 Å². The van der Waals surface area contributed by atoms with E-state index in [1.54, 1.807) is 12.1 Å². The smallest absolute Gasteiger partial charge is 0.242 e. The molecular formula is C13H21N3O2S. The van der Waals surface area contributed by atoms with Crippen molar-refractivity contribution in [2.24, 2.45) is 0 Å². The molecule has 5 nitrogen and oxygen atoms in total. The van der Waals surface area contributed by atoms with E-state index in [0.29, 0.717) is 0 Å². The highest BCUT2D eigenvalue weighted by Crippen LogP contribution is 2.35. The topological polar surface area (TPSA) is 75.4 Å². The summed E-state index contributed by atoms with van der Waals surface area (Å²) in [5.41, 5.74) is 7.25. The predicted molar refractivity (Wildman–Crippen MR) is 77.8 cm³/mol. The van der Waals surface area contributed by atoms with Crippen molar-refractivity contribution in [2.75, 3.05) is 24.2 Å². The molecule has 0 bridgehead atoms. The zero-order valence-corrected chi connectivity index (χ0v) is 12.4. The fourth-order valence-electron chi connectivity index (χ4n) is 2.64. The number of nitrogens with zero attached hydrogens (tertiary/aromatic N) is 1. The highest BCUT2D eigenvalue weighted by Gasteiger charge is 2.32. The molecule has 0 unspecified atom stereocenters. The number of hydrogen-bond donors (Lipinski definition) is 2. The molecule has 6 heteroatoms. The van der Waals surface area contributed by atoms with Crippen molar-refractivity contribution in [3.63, 3.8) is 0 Å². The Labute approximate surface area is 114 Å². The number of sulfonamides is 1. The highest BCUT2D eigenvalue weighted by atomic mass is 32.2. The molecule has 0 radical (unpaired) electrons. The minimum absolute atomic E-state index is 0.0931. The molecule has 0 spiro atoms. The third-order valence-corrected chi connectivity index (χ3v) is 5.25. The van der Waals surface area contributed by atoms with Crippen LogP contribution < -0.4 is 15.4 Å². The van der Waals surface area contributed by atoms with Crippen LogP contribution in [0.3, 0.4) is 0 Å². The van der Waals surface area contributed by atoms with Gasteiger partial charge in [0.1, 0.15) is 4.90 Å². The van der Waals surface area contributed by atoms with Crippen LogP contribution in [0.15, 0.2) is 23.1 Å². The van der Waals surface area contributed by atoms with E-state index in [1.165, 1.54) is 7.05 Å². The SMILES string of the molecule is CNS(=O)(=O)c1ccc(N2CCCC2(C)C)cc1N. The fraction of sp³-hybridized carbons (Fsp3) is 0.538. The van der Waals surface area contributed by atoms with E-state index in [1.807, 2.05) is 6.07 Å². The molecule has 0 aromatic heterocycles. The summed E-state index contributed by atoms with van der Waals surface area (Å²) in [6.45, 7) is 5.35. The van der Waals surface area contributed by atoms with Gasteiger partial charge < -0.3 is 10.6 Å². The second kappa shape index (κ2) is 4.68. The number of benzene rings is 1. The van der Waals surface area contributed by atoms with E-state index in [0.717, 1.165) is 25.1 Å².